The van der Waals surface area contributed by atoms with Gasteiger partial charge in [0.15, 0.2) is 0 Å². The molecule has 1 aromatic carbocycles. The molecule has 0 radical (unpaired) electrons. The Bertz CT molecular complexity index is 412. The zero-order valence-corrected chi connectivity index (χ0v) is 12.4. The van der Waals surface area contributed by atoms with Gasteiger partial charge < -0.3 is 10.8 Å². The fraction of sp³-hybridized carbons (Fsp3) is 0.462. The monoisotopic (exact) mass is 314 g/mol. The summed E-state index contributed by atoms with van der Waals surface area (Å²) >= 11 is 3.35. The van der Waals surface area contributed by atoms with Crippen LogP contribution in [0.3, 0.4) is 0 Å². The van der Waals surface area contributed by atoms with Gasteiger partial charge in [0.2, 0.25) is 5.91 Å². The SMILES string of the molecule is CN(CC(C)(C)O)C(C(N)=O)c1ccc(Br)cc1. The highest BCUT2D eigenvalue weighted by Crippen LogP contribution is 2.22. The van der Waals surface area contributed by atoms with Crippen LogP contribution in [0.1, 0.15) is 25.5 Å². The third-order valence-corrected chi connectivity index (χ3v) is 3.06. The van der Waals surface area contributed by atoms with Gasteiger partial charge in [0.25, 0.3) is 0 Å². The van der Waals surface area contributed by atoms with Crippen molar-refractivity contribution in [3.63, 3.8) is 0 Å². The number of nitrogens with two attached hydrogens (primary N) is 1. The van der Waals surface area contributed by atoms with Gasteiger partial charge in [0, 0.05) is 11.0 Å². The van der Waals surface area contributed by atoms with Gasteiger partial charge in [-0.3, -0.25) is 9.69 Å². The second kappa shape index (κ2) is 5.82. The maximum atomic E-state index is 11.6. The maximum absolute atomic E-state index is 11.6. The zero-order chi connectivity index (χ0) is 13.9. The standard InChI is InChI=1S/C13H19BrN2O2/c1-13(2,18)8-16(3)11(12(15)17)9-4-6-10(14)7-5-9/h4-7,11,18H,8H2,1-3H3,(H2,15,17). The van der Waals surface area contributed by atoms with Crippen molar-refractivity contribution in [2.75, 3.05) is 13.6 Å². The Labute approximate surface area is 116 Å². The first-order chi connectivity index (χ1) is 8.20. The first-order valence-electron chi connectivity index (χ1n) is 5.68. The maximum Gasteiger partial charge on any atom is 0.239 e. The fourth-order valence-corrected chi connectivity index (χ4v) is 2.25. The van der Waals surface area contributed by atoms with Crippen LogP contribution in [0.2, 0.25) is 0 Å². The summed E-state index contributed by atoms with van der Waals surface area (Å²) in [6.45, 7) is 3.75. The van der Waals surface area contributed by atoms with Crippen LogP contribution in [0.25, 0.3) is 0 Å². The van der Waals surface area contributed by atoms with Crippen LogP contribution in [0.15, 0.2) is 28.7 Å². The van der Waals surface area contributed by atoms with E-state index in [0.717, 1.165) is 10.0 Å². The summed E-state index contributed by atoms with van der Waals surface area (Å²) < 4.78 is 0.944. The van der Waals surface area contributed by atoms with Crippen molar-refractivity contribution in [3.05, 3.63) is 34.3 Å². The highest BCUT2D eigenvalue weighted by Gasteiger charge is 2.26. The van der Waals surface area contributed by atoms with Crippen molar-refractivity contribution < 1.29 is 9.90 Å². The smallest absolute Gasteiger partial charge is 0.239 e. The number of rotatable bonds is 5. The van der Waals surface area contributed by atoms with E-state index in [2.05, 4.69) is 15.9 Å². The Balaban J connectivity index is 2.96. The lowest BCUT2D eigenvalue weighted by Crippen LogP contribution is -2.42. The average molecular weight is 315 g/mol. The van der Waals surface area contributed by atoms with Gasteiger partial charge in [-0.05, 0) is 38.6 Å². The molecular weight excluding hydrogens is 296 g/mol. The minimum atomic E-state index is -0.877. The zero-order valence-electron chi connectivity index (χ0n) is 10.9. The summed E-state index contributed by atoms with van der Waals surface area (Å²) in [5.41, 5.74) is 5.39. The van der Waals surface area contributed by atoms with Gasteiger partial charge in [-0.1, -0.05) is 28.1 Å². The summed E-state index contributed by atoms with van der Waals surface area (Å²) in [6.07, 6.45) is 0. The summed E-state index contributed by atoms with van der Waals surface area (Å²) in [7, 11) is 1.77. The van der Waals surface area contributed by atoms with E-state index in [0.29, 0.717) is 6.54 Å². The predicted octanol–water partition coefficient (Wildman–Crippen LogP) is 1.68. The predicted molar refractivity (Wildman–Crippen MR) is 75.0 cm³/mol. The molecule has 5 heteroatoms. The molecule has 0 fully saturated rings. The molecule has 0 aromatic heterocycles. The van der Waals surface area contributed by atoms with Gasteiger partial charge in [0.1, 0.15) is 6.04 Å². The lowest BCUT2D eigenvalue weighted by molar-refractivity contribution is -0.123. The lowest BCUT2D eigenvalue weighted by Gasteiger charge is -2.31. The van der Waals surface area contributed by atoms with Crippen LogP contribution in [0, 0.1) is 0 Å². The number of hydrogen-bond acceptors (Lipinski definition) is 3. The van der Waals surface area contributed by atoms with E-state index in [1.807, 2.05) is 24.3 Å². The van der Waals surface area contributed by atoms with Crippen LogP contribution in [-0.2, 0) is 4.79 Å². The molecule has 100 valence electrons. The van der Waals surface area contributed by atoms with Crippen LogP contribution in [0.5, 0.6) is 0 Å². The molecule has 0 saturated carbocycles. The van der Waals surface area contributed by atoms with Crippen molar-refractivity contribution >= 4 is 21.8 Å². The molecule has 0 spiro atoms. The molecule has 0 aliphatic carbocycles. The van der Waals surface area contributed by atoms with Crippen LogP contribution < -0.4 is 5.73 Å². The Morgan fingerprint density at radius 3 is 2.33 bits per heavy atom. The Kier molecular flexibility index (Phi) is 4.90. The quantitative estimate of drug-likeness (QED) is 0.869. The van der Waals surface area contributed by atoms with Crippen molar-refractivity contribution in [2.24, 2.45) is 5.73 Å². The number of primary amides is 1. The molecule has 0 aliphatic heterocycles. The Morgan fingerprint density at radius 2 is 1.94 bits per heavy atom. The molecule has 0 bridgehead atoms. The van der Waals surface area contributed by atoms with Crippen LogP contribution in [-0.4, -0.2) is 35.1 Å². The van der Waals surface area contributed by atoms with E-state index < -0.39 is 17.6 Å². The molecule has 1 rings (SSSR count). The third kappa shape index (κ3) is 4.40. The highest BCUT2D eigenvalue weighted by atomic mass is 79.9. The van der Waals surface area contributed by atoms with Crippen LogP contribution >= 0.6 is 15.9 Å². The number of hydrogen-bond donors (Lipinski definition) is 2. The molecule has 1 unspecified atom stereocenters. The van der Waals surface area contributed by atoms with Crippen molar-refractivity contribution in [1.82, 2.24) is 4.90 Å². The van der Waals surface area contributed by atoms with Gasteiger partial charge in [-0.2, -0.15) is 0 Å². The van der Waals surface area contributed by atoms with Gasteiger partial charge in [-0.15, -0.1) is 0 Å². The van der Waals surface area contributed by atoms with E-state index >= 15 is 0 Å². The van der Waals surface area contributed by atoms with E-state index in [9.17, 15) is 9.90 Å². The van der Waals surface area contributed by atoms with Crippen molar-refractivity contribution in [2.45, 2.75) is 25.5 Å². The number of benzene rings is 1. The molecular formula is C13H19BrN2O2. The number of amides is 1. The number of halogens is 1. The van der Waals surface area contributed by atoms with Gasteiger partial charge in [-0.25, -0.2) is 0 Å². The molecule has 1 atom stereocenters. The number of likely N-dealkylation sites (N-methyl/N-ethyl adjacent to an activating group) is 1. The first-order valence-corrected chi connectivity index (χ1v) is 6.47. The molecule has 3 N–H and O–H groups in total. The molecule has 0 saturated heterocycles. The number of carbonyl (C=O) groups excluding carboxylic acids is 1. The van der Waals surface area contributed by atoms with Gasteiger partial charge in [0.05, 0.1) is 5.60 Å². The molecule has 1 aromatic rings. The Hall–Kier alpha value is -0.910. The van der Waals surface area contributed by atoms with Crippen molar-refractivity contribution in [3.8, 4) is 0 Å². The topological polar surface area (TPSA) is 66.6 Å². The van der Waals surface area contributed by atoms with Gasteiger partial charge >= 0.3 is 0 Å². The molecule has 0 aliphatic rings. The number of carbonyl (C=O) groups is 1. The first kappa shape index (κ1) is 15.1. The normalized spacial score (nSPS) is 13.7. The lowest BCUT2D eigenvalue weighted by atomic mass is 10.0. The molecule has 18 heavy (non-hydrogen) atoms. The summed E-state index contributed by atoms with van der Waals surface area (Å²) in [6, 6.07) is 6.89. The van der Waals surface area contributed by atoms with E-state index in [4.69, 9.17) is 5.73 Å². The highest BCUT2D eigenvalue weighted by molar-refractivity contribution is 9.10. The second-order valence-electron chi connectivity index (χ2n) is 5.08. The molecule has 4 nitrogen and oxygen atoms in total. The molecule has 1 amide bonds. The van der Waals surface area contributed by atoms with E-state index in [1.54, 1.807) is 25.8 Å². The minimum absolute atomic E-state index is 0.358. The number of nitrogens with zero attached hydrogens (tertiary/aromatic N) is 1. The van der Waals surface area contributed by atoms with E-state index in [1.165, 1.54) is 0 Å². The minimum Gasteiger partial charge on any atom is -0.389 e. The van der Waals surface area contributed by atoms with E-state index in [-0.39, 0.29) is 0 Å². The third-order valence-electron chi connectivity index (χ3n) is 2.53. The average Bonchev–Trinajstić information content (AvgIpc) is 2.18. The molecule has 0 heterocycles. The summed E-state index contributed by atoms with van der Waals surface area (Å²) in [4.78, 5) is 13.4. The van der Waals surface area contributed by atoms with Crippen LogP contribution in [0.4, 0.5) is 0 Å². The second-order valence-corrected chi connectivity index (χ2v) is 6.00. The number of aliphatic hydroxyl groups is 1. The largest absolute Gasteiger partial charge is 0.389 e. The Morgan fingerprint density at radius 1 is 1.44 bits per heavy atom. The summed E-state index contributed by atoms with van der Waals surface area (Å²) in [5, 5.41) is 9.81. The van der Waals surface area contributed by atoms with Crippen molar-refractivity contribution in [1.29, 1.82) is 0 Å². The fourth-order valence-electron chi connectivity index (χ4n) is 1.98. The summed E-state index contributed by atoms with van der Waals surface area (Å²) in [5.74, 6) is -0.427.